The van der Waals surface area contributed by atoms with Crippen molar-refractivity contribution in [2.75, 3.05) is 19.7 Å². The fraction of sp³-hybridized carbons (Fsp3) is 0.684. The Balaban J connectivity index is 2.69. The maximum absolute atomic E-state index is 12.5. The van der Waals surface area contributed by atoms with E-state index >= 15 is 0 Å². The van der Waals surface area contributed by atoms with Crippen LogP contribution in [-0.2, 0) is 20.9 Å². The Bertz CT molecular complexity index is 628. The van der Waals surface area contributed by atoms with Crippen LogP contribution in [0.4, 0.5) is 0 Å². The average Bonchev–Trinajstić information content (AvgIpc) is 3.05. The van der Waals surface area contributed by atoms with Crippen LogP contribution in [0.3, 0.4) is 0 Å². The molecule has 1 aromatic heterocycles. The number of esters is 1. The van der Waals surface area contributed by atoms with Crippen molar-refractivity contribution in [1.82, 2.24) is 15.2 Å². The van der Waals surface area contributed by atoms with Crippen LogP contribution in [0.25, 0.3) is 0 Å². The van der Waals surface area contributed by atoms with Crippen molar-refractivity contribution in [2.24, 2.45) is 11.8 Å². The van der Waals surface area contributed by atoms with Gasteiger partial charge in [-0.15, -0.1) is 11.3 Å². The molecule has 0 atom stereocenters. The molecule has 0 bridgehead atoms. The summed E-state index contributed by atoms with van der Waals surface area (Å²) < 4.78 is 4.88. The molecule has 0 saturated heterocycles. The fourth-order valence-electron chi connectivity index (χ4n) is 2.33. The van der Waals surface area contributed by atoms with Gasteiger partial charge in [0.15, 0.2) is 0 Å². The highest BCUT2D eigenvalue weighted by Gasteiger charge is 2.19. The zero-order chi connectivity index (χ0) is 20.4. The first-order valence-corrected chi connectivity index (χ1v) is 10.3. The SMILES string of the molecule is CCOC(=O)CCC(=O)N(Cc1nc(C(=O)NCC(C)C)cs1)CC(C)C. The first-order chi connectivity index (χ1) is 12.7. The Kier molecular flexibility index (Phi) is 9.99. The molecule has 1 N–H and O–H groups in total. The van der Waals surface area contributed by atoms with Gasteiger partial charge in [-0.05, 0) is 18.8 Å². The molecule has 0 aliphatic carbocycles. The first-order valence-electron chi connectivity index (χ1n) is 9.38. The molecule has 1 aromatic rings. The smallest absolute Gasteiger partial charge is 0.306 e. The van der Waals surface area contributed by atoms with Gasteiger partial charge in [-0.3, -0.25) is 14.4 Å². The number of nitrogens with zero attached hydrogens (tertiary/aromatic N) is 2. The molecule has 0 unspecified atom stereocenters. The van der Waals surface area contributed by atoms with Crippen molar-refractivity contribution in [2.45, 2.75) is 54.0 Å². The lowest BCUT2D eigenvalue weighted by molar-refractivity contribution is -0.145. The van der Waals surface area contributed by atoms with Crippen LogP contribution in [-0.4, -0.2) is 47.4 Å². The molecule has 152 valence electrons. The number of hydrogen-bond donors (Lipinski definition) is 1. The van der Waals surface area contributed by atoms with E-state index in [0.717, 1.165) is 0 Å². The van der Waals surface area contributed by atoms with Gasteiger partial charge in [0.2, 0.25) is 5.91 Å². The third-order valence-corrected chi connectivity index (χ3v) is 4.40. The summed E-state index contributed by atoms with van der Waals surface area (Å²) in [5, 5.41) is 5.25. The van der Waals surface area contributed by atoms with E-state index in [4.69, 9.17) is 4.74 Å². The number of ether oxygens (including phenoxy) is 1. The molecule has 0 spiro atoms. The predicted molar refractivity (Wildman–Crippen MR) is 105 cm³/mol. The van der Waals surface area contributed by atoms with Gasteiger partial charge in [-0.2, -0.15) is 0 Å². The molecule has 2 amide bonds. The monoisotopic (exact) mass is 397 g/mol. The van der Waals surface area contributed by atoms with Crippen molar-refractivity contribution in [3.63, 3.8) is 0 Å². The standard InChI is InChI=1S/C19H31N3O4S/c1-6-26-18(24)8-7-17(23)22(10-14(4)5)11-16-21-15(12-27-16)19(25)20-9-13(2)3/h12-14H,6-11H2,1-5H3,(H,20,25). The molecule has 0 aromatic carbocycles. The maximum Gasteiger partial charge on any atom is 0.306 e. The van der Waals surface area contributed by atoms with Crippen LogP contribution in [0.1, 0.15) is 63.0 Å². The number of aromatic nitrogens is 1. The topological polar surface area (TPSA) is 88.6 Å². The van der Waals surface area contributed by atoms with Crippen LogP contribution in [0.15, 0.2) is 5.38 Å². The van der Waals surface area contributed by atoms with Gasteiger partial charge in [0, 0.05) is 24.9 Å². The summed E-state index contributed by atoms with van der Waals surface area (Å²) in [6.07, 6.45) is 0.181. The van der Waals surface area contributed by atoms with Crippen LogP contribution in [0.2, 0.25) is 0 Å². The van der Waals surface area contributed by atoms with E-state index < -0.39 is 0 Å². The highest BCUT2D eigenvalue weighted by Crippen LogP contribution is 2.15. The Morgan fingerprint density at radius 2 is 1.89 bits per heavy atom. The molecule has 0 saturated carbocycles. The third-order valence-electron chi connectivity index (χ3n) is 3.57. The van der Waals surface area contributed by atoms with Crippen LogP contribution in [0, 0.1) is 11.8 Å². The minimum atomic E-state index is -0.367. The van der Waals surface area contributed by atoms with E-state index in [2.05, 4.69) is 10.3 Å². The Hall–Kier alpha value is -1.96. The highest BCUT2D eigenvalue weighted by molar-refractivity contribution is 7.09. The van der Waals surface area contributed by atoms with E-state index in [1.165, 1.54) is 11.3 Å². The van der Waals surface area contributed by atoms with Crippen molar-refractivity contribution in [3.8, 4) is 0 Å². The summed E-state index contributed by atoms with van der Waals surface area (Å²) >= 11 is 1.36. The van der Waals surface area contributed by atoms with Gasteiger partial charge in [0.05, 0.1) is 19.6 Å². The zero-order valence-electron chi connectivity index (χ0n) is 16.9. The third kappa shape index (κ3) is 8.99. The van der Waals surface area contributed by atoms with Gasteiger partial charge < -0.3 is 15.0 Å². The molecule has 1 rings (SSSR count). The summed E-state index contributed by atoms with van der Waals surface area (Å²) in [7, 11) is 0. The summed E-state index contributed by atoms with van der Waals surface area (Å²) in [4.78, 5) is 42.2. The van der Waals surface area contributed by atoms with Crippen molar-refractivity contribution in [1.29, 1.82) is 0 Å². The highest BCUT2D eigenvalue weighted by atomic mass is 32.1. The Morgan fingerprint density at radius 1 is 1.19 bits per heavy atom. The van der Waals surface area contributed by atoms with E-state index in [1.54, 1.807) is 17.2 Å². The number of carbonyl (C=O) groups excluding carboxylic acids is 3. The van der Waals surface area contributed by atoms with Crippen molar-refractivity contribution < 1.29 is 19.1 Å². The number of hydrogen-bond acceptors (Lipinski definition) is 6. The molecule has 0 radical (unpaired) electrons. The molecule has 27 heavy (non-hydrogen) atoms. The van der Waals surface area contributed by atoms with Crippen molar-refractivity contribution >= 4 is 29.1 Å². The van der Waals surface area contributed by atoms with E-state index in [1.807, 2.05) is 27.7 Å². The lowest BCUT2D eigenvalue weighted by Crippen LogP contribution is -2.34. The summed E-state index contributed by atoms with van der Waals surface area (Å²) in [5.74, 6) is -0.0300. The molecular weight excluding hydrogens is 366 g/mol. The quantitative estimate of drug-likeness (QED) is 0.580. The molecule has 0 aliphatic rings. The summed E-state index contributed by atoms with van der Waals surface area (Å²) in [6.45, 7) is 11.6. The number of amides is 2. The van der Waals surface area contributed by atoms with Crippen molar-refractivity contribution in [3.05, 3.63) is 16.1 Å². The Morgan fingerprint density at radius 3 is 2.48 bits per heavy atom. The second-order valence-corrected chi connectivity index (χ2v) is 8.15. The van der Waals surface area contributed by atoms with Gasteiger partial charge in [0.25, 0.3) is 5.91 Å². The number of rotatable bonds is 11. The molecular formula is C19H31N3O4S. The molecule has 0 fully saturated rings. The van der Waals surface area contributed by atoms with E-state index in [-0.39, 0.29) is 36.5 Å². The fourth-order valence-corrected chi connectivity index (χ4v) is 3.12. The predicted octanol–water partition coefficient (Wildman–Crippen LogP) is 2.86. The number of thiazole rings is 1. The zero-order valence-corrected chi connectivity index (χ0v) is 17.7. The van der Waals surface area contributed by atoms with Gasteiger partial charge in [-0.25, -0.2) is 4.98 Å². The number of carbonyl (C=O) groups is 3. The number of nitrogens with one attached hydrogen (secondary N) is 1. The maximum atomic E-state index is 12.5. The minimum absolute atomic E-state index is 0.0714. The van der Waals surface area contributed by atoms with Gasteiger partial charge in [0.1, 0.15) is 10.7 Å². The molecule has 0 aliphatic heterocycles. The molecule has 8 heteroatoms. The lowest BCUT2D eigenvalue weighted by atomic mass is 10.2. The van der Waals surface area contributed by atoms with Gasteiger partial charge >= 0.3 is 5.97 Å². The minimum Gasteiger partial charge on any atom is -0.466 e. The normalized spacial score (nSPS) is 10.9. The Labute approximate surface area is 165 Å². The molecule has 7 nitrogen and oxygen atoms in total. The van der Waals surface area contributed by atoms with Crippen LogP contribution < -0.4 is 5.32 Å². The average molecular weight is 398 g/mol. The van der Waals surface area contributed by atoms with Crippen LogP contribution in [0.5, 0.6) is 0 Å². The molecule has 1 heterocycles. The van der Waals surface area contributed by atoms with E-state index in [9.17, 15) is 14.4 Å². The van der Waals surface area contributed by atoms with E-state index in [0.29, 0.717) is 42.9 Å². The largest absolute Gasteiger partial charge is 0.466 e. The second kappa shape index (κ2) is 11.7. The van der Waals surface area contributed by atoms with Gasteiger partial charge in [-0.1, -0.05) is 27.7 Å². The second-order valence-electron chi connectivity index (χ2n) is 7.20. The van der Waals surface area contributed by atoms with Crippen LogP contribution >= 0.6 is 11.3 Å². The lowest BCUT2D eigenvalue weighted by Gasteiger charge is -2.23. The first kappa shape index (κ1) is 23.1. The summed E-state index contributed by atoms with van der Waals surface area (Å²) in [6, 6.07) is 0. The summed E-state index contributed by atoms with van der Waals surface area (Å²) in [5.41, 5.74) is 0.374.